The normalized spacial score (nSPS) is 20.4. The Labute approximate surface area is 139 Å². The molecule has 0 aromatic heterocycles. The predicted octanol–water partition coefficient (Wildman–Crippen LogP) is 4.52. The van der Waals surface area contributed by atoms with Gasteiger partial charge in [0, 0.05) is 4.47 Å². The van der Waals surface area contributed by atoms with E-state index in [2.05, 4.69) is 41.1 Å². The summed E-state index contributed by atoms with van der Waals surface area (Å²) in [7, 11) is 3.32. The van der Waals surface area contributed by atoms with Crippen LogP contribution in [0.3, 0.4) is 0 Å². The molecule has 0 bridgehead atoms. The van der Waals surface area contributed by atoms with Crippen LogP contribution >= 0.6 is 15.9 Å². The molecule has 0 aliphatic carbocycles. The summed E-state index contributed by atoms with van der Waals surface area (Å²) < 4.78 is 18.1. The van der Waals surface area contributed by atoms with E-state index in [0.717, 1.165) is 33.5 Å². The van der Waals surface area contributed by atoms with Crippen LogP contribution < -0.4 is 9.47 Å². The van der Waals surface area contributed by atoms with Crippen molar-refractivity contribution in [3.63, 3.8) is 0 Å². The first kappa shape index (κ1) is 15.4. The molecule has 116 valence electrons. The van der Waals surface area contributed by atoms with Gasteiger partial charge in [-0.3, -0.25) is 0 Å². The van der Waals surface area contributed by atoms with Crippen LogP contribution in [0.15, 0.2) is 40.9 Å². The van der Waals surface area contributed by atoms with E-state index in [-0.39, 0.29) is 12.2 Å². The average molecular weight is 363 g/mol. The van der Waals surface area contributed by atoms with Crippen molar-refractivity contribution in [1.29, 1.82) is 0 Å². The topological polar surface area (TPSA) is 27.7 Å². The highest BCUT2D eigenvalue weighted by Gasteiger charge is 2.28. The minimum atomic E-state index is -0.0772. The molecule has 3 rings (SSSR count). The summed E-state index contributed by atoms with van der Waals surface area (Å²) in [6.45, 7) is 2.10. The second kappa shape index (κ2) is 6.31. The van der Waals surface area contributed by atoms with E-state index in [4.69, 9.17) is 14.2 Å². The van der Waals surface area contributed by atoms with Crippen molar-refractivity contribution in [1.82, 2.24) is 0 Å². The minimum absolute atomic E-state index is 0.0772. The van der Waals surface area contributed by atoms with Crippen molar-refractivity contribution >= 4 is 15.9 Å². The van der Waals surface area contributed by atoms with Gasteiger partial charge in [-0.15, -0.1) is 0 Å². The molecule has 22 heavy (non-hydrogen) atoms. The van der Waals surface area contributed by atoms with Crippen LogP contribution in [0.4, 0.5) is 0 Å². The minimum Gasteiger partial charge on any atom is -0.493 e. The van der Waals surface area contributed by atoms with E-state index in [9.17, 15) is 0 Å². The Bertz CT molecular complexity index is 667. The first-order valence-corrected chi connectivity index (χ1v) is 8.07. The van der Waals surface area contributed by atoms with Crippen LogP contribution in [0.2, 0.25) is 0 Å². The van der Waals surface area contributed by atoms with E-state index in [1.54, 1.807) is 14.2 Å². The van der Waals surface area contributed by atoms with Gasteiger partial charge in [0.15, 0.2) is 11.5 Å². The zero-order chi connectivity index (χ0) is 15.7. The number of fused-ring (bicyclic) bond motifs is 1. The Kier molecular flexibility index (Phi) is 4.41. The molecular formula is C18H19BrO3. The van der Waals surface area contributed by atoms with Gasteiger partial charge in [-0.2, -0.15) is 0 Å². The van der Waals surface area contributed by atoms with E-state index < -0.39 is 0 Å². The molecule has 2 atom stereocenters. The molecule has 0 radical (unpaired) electrons. The first-order chi connectivity index (χ1) is 10.6. The lowest BCUT2D eigenvalue weighted by atomic mass is 9.90. The van der Waals surface area contributed by atoms with Crippen LogP contribution in [-0.2, 0) is 11.2 Å². The zero-order valence-electron chi connectivity index (χ0n) is 12.9. The van der Waals surface area contributed by atoms with E-state index >= 15 is 0 Å². The summed E-state index contributed by atoms with van der Waals surface area (Å²) in [6, 6.07) is 12.4. The lowest BCUT2D eigenvalue weighted by molar-refractivity contribution is 0.00706. The summed E-state index contributed by atoms with van der Waals surface area (Å²) in [5.74, 6) is 1.51. The Balaban J connectivity index is 2.09. The standard InChI is InChI=1S/C18H19BrO3/c1-11-8-13-9-16(20-2)17(21-3)10-15(13)18(22-11)12-4-6-14(19)7-5-12/h4-7,9-11,18H,8H2,1-3H3. The molecule has 0 saturated carbocycles. The highest BCUT2D eigenvalue weighted by molar-refractivity contribution is 9.10. The highest BCUT2D eigenvalue weighted by Crippen LogP contribution is 2.41. The third-order valence-corrected chi connectivity index (χ3v) is 4.51. The number of benzene rings is 2. The maximum Gasteiger partial charge on any atom is 0.161 e. The van der Waals surface area contributed by atoms with Gasteiger partial charge in [0.2, 0.25) is 0 Å². The Morgan fingerprint density at radius 1 is 1.05 bits per heavy atom. The largest absolute Gasteiger partial charge is 0.493 e. The Morgan fingerprint density at radius 3 is 2.32 bits per heavy atom. The fraction of sp³-hybridized carbons (Fsp3) is 0.333. The summed E-state index contributed by atoms with van der Waals surface area (Å²) in [5, 5.41) is 0. The summed E-state index contributed by atoms with van der Waals surface area (Å²) in [5.41, 5.74) is 3.55. The molecule has 2 aromatic carbocycles. The van der Waals surface area contributed by atoms with E-state index in [1.165, 1.54) is 5.56 Å². The average Bonchev–Trinajstić information content (AvgIpc) is 2.53. The molecule has 0 fully saturated rings. The van der Waals surface area contributed by atoms with Gasteiger partial charge in [0.25, 0.3) is 0 Å². The molecular weight excluding hydrogens is 344 g/mol. The monoisotopic (exact) mass is 362 g/mol. The van der Waals surface area contributed by atoms with Crippen molar-refractivity contribution in [2.75, 3.05) is 14.2 Å². The molecule has 1 aliphatic heterocycles. The van der Waals surface area contributed by atoms with Gasteiger partial charge >= 0.3 is 0 Å². The van der Waals surface area contributed by atoms with Crippen molar-refractivity contribution in [3.8, 4) is 11.5 Å². The summed E-state index contributed by atoms with van der Waals surface area (Å²) in [6.07, 6.45) is 0.966. The smallest absolute Gasteiger partial charge is 0.161 e. The van der Waals surface area contributed by atoms with Gasteiger partial charge in [-0.05, 0) is 54.3 Å². The highest BCUT2D eigenvalue weighted by atomic mass is 79.9. The summed E-state index contributed by atoms with van der Waals surface area (Å²) >= 11 is 3.48. The lowest BCUT2D eigenvalue weighted by Gasteiger charge is -2.31. The van der Waals surface area contributed by atoms with Gasteiger partial charge in [-0.1, -0.05) is 28.1 Å². The number of methoxy groups -OCH3 is 2. The number of rotatable bonds is 3. The molecule has 0 spiro atoms. The first-order valence-electron chi connectivity index (χ1n) is 7.28. The quantitative estimate of drug-likeness (QED) is 0.803. The molecule has 0 N–H and O–H groups in total. The van der Waals surface area contributed by atoms with Crippen molar-refractivity contribution in [3.05, 3.63) is 57.6 Å². The number of ether oxygens (including phenoxy) is 3. The molecule has 1 heterocycles. The van der Waals surface area contributed by atoms with Gasteiger partial charge in [0.1, 0.15) is 6.10 Å². The molecule has 2 unspecified atom stereocenters. The van der Waals surface area contributed by atoms with Crippen LogP contribution in [0.25, 0.3) is 0 Å². The van der Waals surface area contributed by atoms with Crippen LogP contribution in [0.1, 0.15) is 29.7 Å². The van der Waals surface area contributed by atoms with Crippen LogP contribution in [-0.4, -0.2) is 20.3 Å². The number of hydrogen-bond donors (Lipinski definition) is 0. The fourth-order valence-corrected chi connectivity index (χ4v) is 3.18. The van der Waals surface area contributed by atoms with Crippen LogP contribution in [0.5, 0.6) is 11.5 Å². The maximum atomic E-state index is 6.20. The molecule has 2 aromatic rings. The fourth-order valence-electron chi connectivity index (χ4n) is 2.92. The van der Waals surface area contributed by atoms with Gasteiger partial charge in [-0.25, -0.2) is 0 Å². The molecule has 3 nitrogen and oxygen atoms in total. The second-order valence-corrected chi connectivity index (χ2v) is 6.40. The molecule has 0 saturated heterocycles. The third-order valence-electron chi connectivity index (χ3n) is 3.98. The van der Waals surface area contributed by atoms with Crippen molar-refractivity contribution in [2.24, 2.45) is 0 Å². The molecule has 0 amide bonds. The maximum absolute atomic E-state index is 6.20. The number of hydrogen-bond acceptors (Lipinski definition) is 3. The van der Waals surface area contributed by atoms with Crippen molar-refractivity contribution in [2.45, 2.75) is 25.6 Å². The third kappa shape index (κ3) is 2.85. The van der Waals surface area contributed by atoms with E-state index in [0.29, 0.717) is 0 Å². The second-order valence-electron chi connectivity index (χ2n) is 5.49. The van der Waals surface area contributed by atoms with Gasteiger partial charge in [0.05, 0.1) is 20.3 Å². The zero-order valence-corrected chi connectivity index (χ0v) is 14.5. The molecule has 1 aliphatic rings. The van der Waals surface area contributed by atoms with Crippen LogP contribution in [0, 0.1) is 0 Å². The van der Waals surface area contributed by atoms with E-state index in [1.807, 2.05) is 18.2 Å². The summed E-state index contributed by atoms with van der Waals surface area (Å²) in [4.78, 5) is 0. The lowest BCUT2D eigenvalue weighted by Crippen LogP contribution is -2.24. The Morgan fingerprint density at radius 2 is 1.68 bits per heavy atom. The SMILES string of the molecule is COc1cc2c(cc1OC)C(c1ccc(Br)cc1)OC(C)C2. The number of halogens is 1. The van der Waals surface area contributed by atoms with Gasteiger partial charge < -0.3 is 14.2 Å². The Hall–Kier alpha value is -1.52. The predicted molar refractivity (Wildman–Crippen MR) is 89.8 cm³/mol. The molecule has 4 heteroatoms. The van der Waals surface area contributed by atoms with Crippen molar-refractivity contribution < 1.29 is 14.2 Å².